The van der Waals surface area contributed by atoms with Crippen molar-refractivity contribution in [2.45, 2.75) is 152 Å². The van der Waals surface area contributed by atoms with E-state index in [4.69, 9.17) is 9.47 Å². The van der Waals surface area contributed by atoms with E-state index in [1.165, 1.54) is 6.92 Å². The molecule has 14 nitrogen and oxygen atoms in total. The summed E-state index contributed by atoms with van der Waals surface area (Å²) in [6.45, 7) is 10.0. The summed E-state index contributed by atoms with van der Waals surface area (Å²) >= 11 is 0. The smallest absolute Gasteiger partial charge is 0.408 e. The van der Waals surface area contributed by atoms with Crippen LogP contribution < -0.4 is 19.5 Å². The molecule has 4 heterocycles. The van der Waals surface area contributed by atoms with Crippen LogP contribution in [-0.4, -0.2) is 98.8 Å². The van der Waals surface area contributed by atoms with E-state index in [0.717, 1.165) is 23.8 Å². The van der Waals surface area contributed by atoms with Crippen molar-refractivity contribution < 1.29 is 51.0 Å². The predicted molar refractivity (Wildman–Crippen MR) is 218 cm³/mol. The summed E-state index contributed by atoms with van der Waals surface area (Å²) in [5, 5.41) is 14.4. The second-order valence-corrected chi connectivity index (χ2v) is 20.3. The number of aryl methyl sites for hydroxylation is 1. The summed E-state index contributed by atoms with van der Waals surface area (Å²) in [5.41, 5.74) is -3.67. The molecule has 328 valence electrons. The van der Waals surface area contributed by atoms with Gasteiger partial charge in [-0.25, -0.2) is 13.2 Å². The molecule has 0 spiro atoms. The van der Waals surface area contributed by atoms with Crippen LogP contribution in [0.3, 0.4) is 0 Å². The number of amides is 4. The van der Waals surface area contributed by atoms with E-state index in [1.807, 2.05) is 19.1 Å². The first-order valence-corrected chi connectivity index (χ1v) is 22.7. The van der Waals surface area contributed by atoms with Gasteiger partial charge in [-0.15, -0.1) is 0 Å². The Balaban J connectivity index is 1.36. The maximum absolute atomic E-state index is 17.9. The molecule has 4 amide bonds. The number of allylic oxidation sites excluding steroid dienone is 1. The molecule has 1 aromatic carbocycles. The molecule has 3 N–H and O–H groups in total. The van der Waals surface area contributed by atoms with Crippen LogP contribution in [0, 0.1) is 17.8 Å². The van der Waals surface area contributed by atoms with Gasteiger partial charge in [0.25, 0.3) is 11.8 Å². The number of carbonyl (C=O) groups is 4. The number of hydrogen-bond acceptors (Lipinski definition) is 9. The number of pyridine rings is 1. The van der Waals surface area contributed by atoms with E-state index < -0.39 is 92.2 Å². The van der Waals surface area contributed by atoms with Crippen LogP contribution in [0.15, 0.2) is 36.4 Å². The van der Waals surface area contributed by atoms with E-state index >= 15 is 13.6 Å². The maximum Gasteiger partial charge on any atom is 0.408 e. The number of hydrogen-bond donors (Lipinski definition) is 3. The Bertz CT molecular complexity index is 2200. The summed E-state index contributed by atoms with van der Waals surface area (Å²) in [7, 11) is -4.16. The lowest BCUT2D eigenvalue weighted by molar-refractivity contribution is -0.219. The minimum atomic E-state index is -4.27. The Kier molecular flexibility index (Phi) is 11.4. The van der Waals surface area contributed by atoms with Gasteiger partial charge in [0.1, 0.15) is 17.6 Å². The van der Waals surface area contributed by atoms with Gasteiger partial charge >= 0.3 is 12.1 Å². The van der Waals surface area contributed by atoms with Crippen LogP contribution in [0.4, 0.5) is 13.6 Å². The van der Waals surface area contributed by atoms with Gasteiger partial charge in [-0.1, -0.05) is 57.5 Å². The number of sulfonamides is 1. The zero-order chi connectivity index (χ0) is 43.6. The number of ether oxygens (including phenoxy) is 2. The number of carbonyl (C=O) groups excluding carboxylic acids is 3. The molecule has 3 fully saturated rings. The lowest BCUT2D eigenvalue weighted by atomic mass is 9.83. The van der Waals surface area contributed by atoms with Gasteiger partial charge in [0.2, 0.25) is 27.7 Å². The fourth-order valence-electron chi connectivity index (χ4n) is 9.31. The number of fused-ring (bicyclic) bond motifs is 5. The third-order valence-electron chi connectivity index (χ3n) is 13.8. The highest BCUT2D eigenvalue weighted by Gasteiger charge is 2.71. The summed E-state index contributed by atoms with van der Waals surface area (Å²) in [4.78, 5) is 63.0. The molecule has 5 aliphatic rings. The van der Waals surface area contributed by atoms with Crippen LogP contribution in [0.1, 0.15) is 111 Å². The van der Waals surface area contributed by atoms with Crippen LogP contribution >= 0.6 is 0 Å². The zero-order valence-electron chi connectivity index (χ0n) is 35.1. The molecule has 2 aliphatic carbocycles. The van der Waals surface area contributed by atoms with Gasteiger partial charge in [0.05, 0.1) is 11.4 Å². The molecule has 3 aliphatic heterocycles. The Labute approximate surface area is 349 Å². The Morgan fingerprint density at radius 2 is 1.85 bits per heavy atom. The molecule has 7 rings (SSSR count). The van der Waals surface area contributed by atoms with E-state index in [2.05, 4.69) is 15.0 Å². The fraction of sp³-hybridized carbons (Fsp3) is 0.651. The second-order valence-electron chi connectivity index (χ2n) is 18.1. The Hall–Kier alpha value is -4.54. The summed E-state index contributed by atoms with van der Waals surface area (Å²) in [6, 6.07) is -1.66. The molecular formula is C43H57F2N5O9S. The summed E-state index contributed by atoms with van der Waals surface area (Å²) in [6.07, 6.45) is 5.35. The molecule has 0 bridgehead atoms. The van der Waals surface area contributed by atoms with Gasteiger partial charge in [-0.2, -0.15) is 13.8 Å². The molecule has 8 atom stereocenters. The van der Waals surface area contributed by atoms with E-state index in [9.17, 15) is 27.9 Å². The van der Waals surface area contributed by atoms with Gasteiger partial charge in [0, 0.05) is 29.3 Å². The first kappa shape index (κ1) is 43.5. The minimum absolute atomic E-state index is 0.0138. The van der Waals surface area contributed by atoms with Crippen molar-refractivity contribution in [1.29, 1.82) is 0 Å². The van der Waals surface area contributed by atoms with E-state index in [1.54, 1.807) is 45.0 Å². The standard InChI is InChI=1S/C43H57F2N5O9S/c1-7-26(4)49(39(54)55)33-27(8-2)22-25(3)14-9-10-15-28-23-42(28,38(53)48-60(56,57)40(5)19-20-40)47-34(51)32-24-41(6,43(44,45)50(32)37(33)52)59-36-31-17-12-11-16-29(31)30-18-13-21-58-35(30)46-36/h10-12,15-17,25-28,32-33H,7-9,13-14,18-24H2,1-6H3,(H,47,51)(H,48,53)(H,54,55)/b15-10-/t25-,26?,27+,28+,32-,33-,41+,42+/m0/s1. The minimum Gasteiger partial charge on any atom is -0.477 e. The number of rotatable bonds is 9. The van der Waals surface area contributed by atoms with Crippen molar-refractivity contribution in [3.63, 3.8) is 0 Å². The van der Waals surface area contributed by atoms with Gasteiger partial charge in [-0.05, 0) is 102 Å². The van der Waals surface area contributed by atoms with Crippen molar-refractivity contribution in [2.24, 2.45) is 17.8 Å². The van der Waals surface area contributed by atoms with Crippen molar-refractivity contribution in [3.05, 3.63) is 42.0 Å². The lowest BCUT2D eigenvalue weighted by Gasteiger charge is -2.43. The largest absolute Gasteiger partial charge is 0.477 e. The molecule has 60 heavy (non-hydrogen) atoms. The maximum atomic E-state index is 17.9. The SMILES string of the molecule is CCC(C)N(C(=O)O)[C@@H]1C(=O)N2[C@@H](C[C@@](C)(Oc3nc4c(c5ccccc35)CCCO4)C2(F)F)C(=O)N[C@]2(C(=O)NS(=O)(=O)C3(C)CC3)C[C@H]2/C=C\CC[C@H](C)C[C@H]1CC. The highest BCUT2D eigenvalue weighted by Crippen LogP contribution is 2.52. The van der Waals surface area contributed by atoms with Gasteiger partial charge in [-0.3, -0.25) is 28.9 Å². The van der Waals surface area contributed by atoms with Crippen LogP contribution in [0.25, 0.3) is 10.8 Å². The summed E-state index contributed by atoms with van der Waals surface area (Å²) < 4.78 is 75.5. The van der Waals surface area contributed by atoms with Crippen LogP contribution in [-0.2, 0) is 30.8 Å². The zero-order valence-corrected chi connectivity index (χ0v) is 35.9. The normalized spacial score (nSPS) is 32.1. The van der Waals surface area contributed by atoms with Crippen LogP contribution in [0.5, 0.6) is 11.8 Å². The molecule has 2 saturated carbocycles. The lowest BCUT2D eigenvalue weighted by Crippen LogP contribution is -2.65. The molecule has 0 radical (unpaired) electrons. The molecule has 1 aromatic heterocycles. The van der Waals surface area contributed by atoms with Crippen LogP contribution in [0.2, 0.25) is 0 Å². The molecule has 2 aromatic rings. The number of aromatic nitrogens is 1. The number of alkyl halides is 2. The third kappa shape index (κ3) is 7.46. The quantitative estimate of drug-likeness (QED) is 0.191. The average molecular weight is 858 g/mol. The van der Waals surface area contributed by atoms with E-state index in [0.29, 0.717) is 55.9 Å². The number of benzene rings is 1. The van der Waals surface area contributed by atoms with Crippen molar-refractivity contribution in [3.8, 4) is 11.8 Å². The van der Waals surface area contributed by atoms with E-state index in [-0.39, 0.29) is 41.8 Å². The molecule has 1 unspecified atom stereocenters. The Morgan fingerprint density at radius 1 is 1.15 bits per heavy atom. The molecular weight excluding hydrogens is 801 g/mol. The molecule has 17 heteroatoms. The predicted octanol–water partition coefficient (Wildman–Crippen LogP) is 6.31. The first-order valence-electron chi connectivity index (χ1n) is 21.2. The highest BCUT2D eigenvalue weighted by molar-refractivity contribution is 7.91. The monoisotopic (exact) mass is 857 g/mol. The number of carboxylic acid groups (broad SMARTS) is 1. The average Bonchev–Trinajstić information content (AvgIpc) is 4.11. The second kappa shape index (κ2) is 15.7. The highest BCUT2D eigenvalue weighted by atomic mass is 32.2. The van der Waals surface area contributed by atoms with Crippen molar-refractivity contribution >= 4 is 44.6 Å². The number of nitrogens with one attached hydrogen (secondary N) is 2. The topological polar surface area (TPSA) is 185 Å². The van der Waals surface area contributed by atoms with Crippen molar-refractivity contribution in [2.75, 3.05) is 6.61 Å². The molecule has 1 saturated heterocycles. The fourth-order valence-corrected chi connectivity index (χ4v) is 10.6. The third-order valence-corrected chi connectivity index (χ3v) is 15.9. The Morgan fingerprint density at radius 3 is 2.50 bits per heavy atom. The van der Waals surface area contributed by atoms with Crippen molar-refractivity contribution in [1.82, 2.24) is 24.8 Å². The summed E-state index contributed by atoms with van der Waals surface area (Å²) in [5.74, 6) is -4.86. The number of nitrogens with zero attached hydrogens (tertiary/aromatic N) is 3. The van der Waals surface area contributed by atoms with Gasteiger partial charge in [0.15, 0.2) is 5.60 Å². The first-order chi connectivity index (χ1) is 28.2. The van der Waals surface area contributed by atoms with Gasteiger partial charge < -0.3 is 19.9 Å². The number of halogens is 2.